The molecule has 0 radical (unpaired) electrons. The summed E-state index contributed by atoms with van der Waals surface area (Å²) < 4.78 is 13.4. The summed E-state index contributed by atoms with van der Waals surface area (Å²) in [6.07, 6.45) is 0. The summed E-state index contributed by atoms with van der Waals surface area (Å²) in [5.74, 6) is -3.49. The average Bonchev–Trinajstić information content (AvgIpc) is 2.20. The van der Waals surface area contributed by atoms with Gasteiger partial charge in [0.25, 0.3) is 0 Å². The van der Waals surface area contributed by atoms with Gasteiger partial charge in [0.1, 0.15) is 11.7 Å². The SMILES string of the molecule is Cc1ccc(NC(=O)C(C(=O)O)C(C)(C)C)cc1F. The zero-order chi connectivity index (χ0) is 14.8. The number of benzene rings is 1. The van der Waals surface area contributed by atoms with Gasteiger partial charge in [-0.05, 0) is 30.0 Å². The lowest BCUT2D eigenvalue weighted by molar-refractivity contribution is -0.149. The molecule has 0 heterocycles. The monoisotopic (exact) mass is 267 g/mol. The first-order valence-electron chi connectivity index (χ1n) is 5.92. The van der Waals surface area contributed by atoms with Gasteiger partial charge in [-0.3, -0.25) is 9.59 Å². The molecular weight excluding hydrogens is 249 g/mol. The van der Waals surface area contributed by atoms with Crippen LogP contribution in [0.3, 0.4) is 0 Å². The Labute approximate surface area is 111 Å². The number of aryl methyl sites for hydroxylation is 1. The van der Waals surface area contributed by atoms with Gasteiger partial charge in [-0.2, -0.15) is 0 Å². The van der Waals surface area contributed by atoms with Gasteiger partial charge in [-0.15, -0.1) is 0 Å². The van der Waals surface area contributed by atoms with E-state index in [4.69, 9.17) is 5.11 Å². The second-order valence-corrected chi connectivity index (χ2v) is 5.59. The topological polar surface area (TPSA) is 66.4 Å². The molecule has 0 aliphatic rings. The van der Waals surface area contributed by atoms with Gasteiger partial charge in [-0.1, -0.05) is 26.8 Å². The highest BCUT2D eigenvalue weighted by Crippen LogP contribution is 2.27. The molecule has 0 aromatic heterocycles. The molecule has 1 aromatic rings. The Morgan fingerprint density at radius 1 is 1.32 bits per heavy atom. The lowest BCUT2D eigenvalue weighted by Crippen LogP contribution is -2.39. The van der Waals surface area contributed by atoms with Crippen LogP contribution in [0.1, 0.15) is 26.3 Å². The van der Waals surface area contributed by atoms with Crippen molar-refractivity contribution >= 4 is 17.6 Å². The highest BCUT2D eigenvalue weighted by atomic mass is 19.1. The molecule has 0 saturated carbocycles. The number of carboxylic acids is 1. The molecule has 2 N–H and O–H groups in total. The van der Waals surface area contributed by atoms with Crippen LogP contribution in [0, 0.1) is 24.1 Å². The quantitative estimate of drug-likeness (QED) is 0.827. The minimum Gasteiger partial charge on any atom is -0.481 e. The Bertz CT molecular complexity index is 506. The zero-order valence-corrected chi connectivity index (χ0v) is 11.5. The van der Waals surface area contributed by atoms with Crippen LogP contribution in [-0.4, -0.2) is 17.0 Å². The highest BCUT2D eigenvalue weighted by molar-refractivity contribution is 6.04. The fraction of sp³-hybridized carbons (Fsp3) is 0.429. The molecule has 4 nitrogen and oxygen atoms in total. The van der Waals surface area contributed by atoms with Crippen molar-refractivity contribution in [2.75, 3.05) is 5.32 Å². The number of hydrogen-bond donors (Lipinski definition) is 2. The van der Waals surface area contributed by atoms with Crippen LogP contribution in [0.25, 0.3) is 0 Å². The van der Waals surface area contributed by atoms with E-state index in [0.717, 1.165) is 0 Å². The summed E-state index contributed by atoms with van der Waals surface area (Å²) in [4.78, 5) is 23.1. The molecule has 0 fully saturated rings. The number of amides is 1. The number of rotatable bonds is 3. The molecule has 0 spiro atoms. The Kier molecular flexibility index (Phi) is 4.29. The van der Waals surface area contributed by atoms with E-state index in [-0.39, 0.29) is 5.69 Å². The molecule has 0 bridgehead atoms. The van der Waals surface area contributed by atoms with Gasteiger partial charge in [0, 0.05) is 5.69 Å². The molecule has 104 valence electrons. The molecular formula is C14H18FNO3. The molecule has 1 aromatic carbocycles. The van der Waals surface area contributed by atoms with Crippen molar-refractivity contribution in [3.63, 3.8) is 0 Å². The highest BCUT2D eigenvalue weighted by Gasteiger charge is 2.37. The van der Waals surface area contributed by atoms with E-state index in [9.17, 15) is 14.0 Å². The van der Waals surface area contributed by atoms with Crippen molar-refractivity contribution in [2.45, 2.75) is 27.7 Å². The number of anilines is 1. The smallest absolute Gasteiger partial charge is 0.316 e. The predicted octanol–water partition coefficient (Wildman–Crippen LogP) is 2.82. The maximum Gasteiger partial charge on any atom is 0.316 e. The Morgan fingerprint density at radius 2 is 1.89 bits per heavy atom. The lowest BCUT2D eigenvalue weighted by atomic mass is 9.80. The lowest BCUT2D eigenvalue weighted by Gasteiger charge is -2.25. The number of hydrogen-bond acceptors (Lipinski definition) is 2. The predicted molar refractivity (Wildman–Crippen MR) is 70.3 cm³/mol. The zero-order valence-electron chi connectivity index (χ0n) is 11.5. The van der Waals surface area contributed by atoms with Gasteiger partial charge in [0.05, 0.1) is 0 Å². The van der Waals surface area contributed by atoms with Gasteiger partial charge < -0.3 is 10.4 Å². The summed E-state index contributed by atoms with van der Waals surface area (Å²) in [7, 11) is 0. The van der Waals surface area contributed by atoms with E-state index in [1.807, 2.05) is 0 Å². The van der Waals surface area contributed by atoms with Crippen LogP contribution in [0.5, 0.6) is 0 Å². The Morgan fingerprint density at radius 3 is 2.32 bits per heavy atom. The molecule has 0 aliphatic heterocycles. The minimum absolute atomic E-state index is 0.253. The van der Waals surface area contributed by atoms with Crippen LogP contribution in [0.15, 0.2) is 18.2 Å². The molecule has 5 heteroatoms. The third-order valence-corrected chi connectivity index (χ3v) is 2.81. The number of halogens is 1. The third kappa shape index (κ3) is 3.77. The molecule has 1 rings (SSSR count). The number of carbonyl (C=O) groups is 2. The fourth-order valence-corrected chi connectivity index (χ4v) is 1.76. The van der Waals surface area contributed by atoms with Crippen LogP contribution >= 0.6 is 0 Å². The van der Waals surface area contributed by atoms with E-state index in [0.29, 0.717) is 5.56 Å². The van der Waals surface area contributed by atoms with Crippen molar-refractivity contribution in [3.8, 4) is 0 Å². The molecule has 1 unspecified atom stereocenters. The first-order chi connectivity index (χ1) is 8.62. The molecule has 19 heavy (non-hydrogen) atoms. The van der Waals surface area contributed by atoms with Crippen molar-refractivity contribution < 1.29 is 19.1 Å². The van der Waals surface area contributed by atoms with Crippen molar-refractivity contribution in [1.29, 1.82) is 0 Å². The summed E-state index contributed by atoms with van der Waals surface area (Å²) in [6.45, 7) is 6.61. The average molecular weight is 267 g/mol. The summed E-state index contributed by atoms with van der Waals surface area (Å²) >= 11 is 0. The largest absolute Gasteiger partial charge is 0.481 e. The van der Waals surface area contributed by atoms with E-state index < -0.39 is 29.0 Å². The van der Waals surface area contributed by atoms with E-state index in [2.05, 4.69) is 5.32 Å². The van der Waals surface area contributed by atoms with Gasteiger partial charge in [-0.25, -0.2) is 4.39 Å². The summed E-state index contributed by atoms with van der Waals surface area (Å²) in [5.41, 5.74) is -0.00805. The van der Waals surface area contributed by atoms with E-state index in [1.165, 1.54) is 18.2 Å². The normalized spacial score (nSPS) is 12.9. The van der Waals surface area contributed by atoms with Gasteiger partial charge >= 0.3 is 5.97 Å². The molecule has 1 atom stereocenters. The second kappa shape index (κ2) is 5.38. The van der Waals surface area contributed by atoms with Gasteiger partial charge in [0.15, 0.2) is 0 Å². The minimum atomic E-state index is -1.20. The number of nitrogens with one attached hydrogen (secondary N) is 1. The van der Waals surface area contributed by atoms with Gasteiger partial charge in [0.2, 0.25) is 5.91 Å². The van der Waals surface area contributed by atoms with Crippen LogP contribution in [-0.2, 0) is 9.59 Å². The van der Waals surface area contributed by atoms with E-state index >= 15 is 0 Å². The van der Waals surface area contributed by atoms with E-state index in [1.54, 1.807) is 27.7 Å². The third-order valence-electron chi connectivity index (χ3n) is 2.81. The maximum absolute atomic E-state index is 13.4. The van der Waals surface area contributed by atoms with Crippen LogP contribution < -0.4 is 5.32 Å². The fourth-order valence-electron chi connectivity index (χ4n) is 1.76. The maximum atomic E-state index is 13.4. The number of carboxylic acid groups (broad SMARTS) is 1. The molecule has 0 aliphatic carbocycles. The first kappa shape index (κ1) is 15.1. The summed E-state index contributed by atoms with van der Waals surface area (Å²) in [5, 5.41) is 11.6. The number of aliphatic carboxylic acids is 1. The standard InChI is InChI=1S/C14H18FNO3/c1-8-5-6-9(7-10(8)15)16-12(17)11(13(18)19)14(2,3)4/h5-7,11H,1-4H3,(H,16,17)(H,18,19). The number of carbonyl (C=O) groups excluding carboxylic acids is 1. The molecule has 0 saturated heterocycles. The first-order valence-corrected chi connectivity index (χ1v) is 5.92. The second-order valence-electron chi connectivity index (χ2n) is 5.59. The molecule has 1 amide bonds. The van der Waals surface area contributed by atoms with Crippen molar-refractivity contribution in [1.82, 2.24) is 0 Å². The van der Waals surface area contributed by atoms with Crippen molar-refractivity contribution in [2.24, 2.45) is 11.3 Å². The Balaban J connectivity index is 2.94. The van der Waals surface area contributed by atoms with Crippen LogP contribution in [0.2, 0.25) is 0 Å². The van der Waals surface area contributed by atoms with Crippen LogP contribution in [0.4, 0.5) is 10.1 Å². The summed E-state index contributed by atoms with van der Waals surface area (Å²) in [6, 6.07) is 4.24. The van der Waals surface area contributed by atoms with Crippen molar-refractivity contribution in [3.05, 3.63) is 29.6 Å². The Hall–Kier alpha value is -1.91.